The Bertz CT molecular complexity index is 2090. The largest absolute Gasteiger partial charge is 0.326 e. The zero-order valence-corrected chi connectivity index (χ0v) is 27.3. The van der Waals surface area contributed by atoms with Gasteiger partial charge in [-0.05, 0) is 77.4 Å². The standard InChI is InChI=1S/C21H19N3O.C20H17N3O/c1-14-2-4-15(5-3-14)6-9-20-22-12-18(13-23-20)16-7-8-19-17(10-16)11-21(25)24-19;24-20-11-16-10-15(7-8-18(16)23-20)17-12-21-19(22-13-17)9-6-14-4-2-1-3-5-14/h2-5,7-8,10,12-13H,6,9,11H2,1H3,(H,24,25);1-5,7-8,10,12-13H,6,9,11H2,(H,23,24). The first-order valence-corrected chi connectivity index (χ1v) is 16.5. The molecule has 0 aliphatic carbocycles. The molecule has 4 heterocycles. The Morgan fingerprint density at radius 1 is 0.510 bits per heavy atom. The van der Waals surface area contributed by atoms with Crippen molar-refractivity contribution in [3.05, 3.63) is 155 Å². The van der Waals surface area contributed by atoms with E-state index in [0.29, 0.717) is 12.8 Å². The second-order valence-corrected chi connectivity index (χ2v) is 12.4. The topological polar surface area (TPSA) is 110 Å². The van der Waals surface area contributed by atoms with Gasteiger partial charge in [-0.15, -0.1) is 0 Å². The maximum atomic E-state index is 11.5. The van der Waals surface area contributed by atoms with Gasteiger partial charge < -0.3 is 10.6 Å². The second kappa shape index (κ2) is 14.4. The predicted octanol–water partition coefficient (Wildman–Crippen LogP) is 7.16. The third-order valence-corrected chi connectivity index (χ3v) is 8.78. The van der Waals surface area contributed by atoms with Crippen LogP contribution in [0, 0.1) is 6.92 Å². The molecule has 0 atom stereocenters. The van der Waals surface area contributed by atoms with Crippen molar-refractivity contribution < 1.29 is 9.59 Å². The van der Waals surface area contributed by atoms with Gasteiger partial charge in [0.1, 0.15) is 11.6 Å². The highest BCUT2D eigenvalue weighted by Gasteiger charge is 2.19. The molecule has 0 radical (unpaired) electrons. The Labute approximate surface area is 285 Å². The number of hydrogen-bond donors (Lipinski definition) is 2. The molecular weight excluding hydrogens is 608 g/mol. The van der Waals surface area contributed by atoms with Gasteiger partial charge in [-0.25, -0.2) is 19.9 Å². The number of aryl methyl sites for hydroxylation is 5. The first-order valence-electron chi connectivity index (χ1n) is 16.5. The molecule has 2 N–H and O–H groups in total. The van der Waals surface area contributed by atoms with E-state index in [0.717, 1.165) is 82.1 Å². The van der Waals surface area contributed by atoms with E-state index in [2.05, 4.69) is 73.9 Å². The third kappa shape index (κ3) is 7.93. The molecule has 8 rings (SSSR count). The highest BCUT2D eigenvalue weighted by molar-refractivity contribution is 6.00. The molecule has 0 unspecified atom stereocenters. The predicted molar refractivity (Wildman–Crippen MR) is 192 cm³/mol. The molecule has 2 amide bonds. The molecule has 49 heavy (non-hydrogen) atoms. The van der Waals surface area contributed by atoms with Crippen LogP contribution in [0.15, 0.2) is 116 Å². The highest BCUT2D eigenvalue weighted by atomic mass is 16.2. The molecular formula is C41H36N6O2. The van der Waals surface area contributed by atoms with E-state index in [1.54, 1.807) is 0 Å². The summed E-state index contributed by atoms with van der Waals surface area (Å²) in [5.41, 5.74) is 11.8. The van der Waals surface area contributed by atoms with Crippen molar-refractivity contribution in [1.82, 2.24) is 19.9 Å². The summed E-state index contributed by atoms with van der Waals surface area (Å²) in [5, 5.41) is 5.70. The molecule has 6 aromatic rings. The Morgan fingerprint density at radius 2 is 0.959 bits per heavy atom. The van der Waals surface area contributed by atoms with Crippen molar-refractivity contribution in [3.63, 3.8) is 0 Å². The molecule has 0 fully saturated rings. The number of amides is 2. The van der Waals surface area contributed by atoms with Gasteiger partial charge in [0.2, 0.25) is 11.8 Å². The number of fused-ring (bicyclic) bond motifs is 2. The summed E-state index contributed by atoms with van der Waals surface area (Å²) in [6.07, 6.45) is 11.9. The summed E-state index contributed by atoms with van der Waals surface area (Å²) in [6.45, 7) is 2.09. The number of carbonyl (C=O) groups is 2. The van der Waals surface area contributed by atoms with E-state index in [-0.39, 0.29) is 11.8 Å². The molecule has 2 aliphatic heterocycles. The quantitative estimate of drug-likeness (QED) is 0.182. The van der Waals surface area contributed by atoms with Crippen LogP contribution in [0.2, 0.25) is 0 Å². The SMILES string of the molecule is Cc1ccc(CCc2ncc(-c3ccc4c(c3)CC(=O)N4)cn2)cc1.O=C1Cc2cc(-c3cnc(CCc4ccccc4)nc3)ccc2N1. The number of anilines is 2. The fourth-order valence-corrected chi connectivity index (χ4v) is 6.00. The van der Waals surface area contributed by atoms with E-state index in [1.807, 2.05) is 79.4 Å². The van der Waals surface area contributed by atoms with E-state index >= 15 is 0 Å². The summed E-state index contributed by atoms with van der Waals surface area (Å²) in [7, 11) is 0. The fourth-order valence-electron chi connectivity index (χ4n) is 6.00. The third-order valence-electron chi connectivity index (χ3n) is 8.78. The Morgan fingerprint density at radius 3 is 1.43 bits per heavy atom. The minimum atomic E-state index is 0.0506. The van der Waals surface area contributed by atoms with Crippen LogP contribution in [0.5, 0.6) is 0 Å². The van der Waals surface area contributed by atoms with Gasteiger partial charge in [0.05, 0.1) is 12.8 Å². The minimum Gasteiger partial charge on any atom is -0.326 e. The lowest BCUT2D eigenvalue weighted by molar-refractivity contribution is -0.115. The highest BCUT2D eigenvalue weighted by Crippen LogP contribution is 2.29. The summed E-state index contributed by atoms with van der Waals surface area (Å²) in [6, 6.07) is 30.9. The van der Waals surface area contributed by atoms with Gasteiger partial charge in [0, 0.05) is 60.1 Å². The van der Waals surface area contributed by atoms with E-state index < -0.39 is 0 Å². The average molecular weight is 645 g/mol. The molecule has 0 saturated heterocycles. The normalized spacial score (nSPS) is 12.8. The van der Waals surface area contributed by atoms with E-state index in [4.69, 9.17) is 0 Å². The number of benzene rings is 4. The summed E-state index contributed by atoms with van der Waals surface area (Å²) >= 11 is 0. The first-order chi connectivity index (χ1) is 23.9. The number of carbonyl (C=O) groups excluding carboxylic acids is 2. The lowest BCUT2D eigenvalue weighted by Crippen LogP contribution is -2.03. The van der Waals surface area contributed by atoms with Gasteiger partial charge >= 0.3 is 0 Å². The minimum absolute atomic E-state index is 0.0506. The van der Waals surface area contributed by atoms with Crippen molar-refractivity contribution in [2.75, 3.05) is 10.6 Å². The van der Waals surface area contributed by atoms with Crippen molar-refractivity contribution in [3.8, 4) is 22.3 Å². The van der Waals surface area contributed by atoms with E-state index in [1.165, 1.54) is 16.7 Å². The summed E-state index contributed by atoms with van der Waals surface area (Å²) in [5.74, 6) is 1.80. The van der Waals surface area contributed by atoms with Gasteiger partial charge in [-0.1, -0.05) is 72.3 Å². The van der Waals surface area contributed by atoms with Crippen molar-refractivity contribution >= 4 is 23.2 Å². The molecule has 242 valence electrons. The van der Waals surface area contributed by atoms with Crippen molar-refractivity contribution in [2.24, 2.45) is 0 Å². The second-order valence-electron chi connectivity index (χ2n) is 12.4. The molecule has 8 heteroatoms. The van der Waals surface area contributed by atoms with Crippen LogP contribution in [0.1, 0.15) is 39.5 Å². The molecule has 0 spiro atoms. The van der Waals surface area contributed by atoms with Crippen molar-refractivity contribution in [2.45, 2.75) is 45.4 Å². The van der Waals surface area contributed by atoms with E-state index in [9.17, 15) is 9.59 Å². The Kier molecular flexibility index (Phi) is 9.28. The van der Waals surface area contributed by atoms with Crippen LogP contribution in [-0.2, 0) is 48.1 Å². The smallest absolute Gasteiger partial charge is 0.228 e. The average Bonchev–Trinajstić information content (AvgIpc) is 3.71. The van der Waals surface area contributed by atoms with Crippen molar-refractivity contribution in [1.29, 1.82) is 0 Å². The molecule has 2 aromatic heterocycles. The van der Waals surface area contributed by atoms with Gasteiger partial charge in [0.15, 0.2) is 0 Å². The zero-order chi connectivity index (χ0) is 33.6. The number of nitrogens with one attached hydrogen (secondary N) is 2. The molecule has 2 aliphatic rings. The number of rotatable bonds is 8. The molecule has 0 bridgehead atoms. The summed E-state index contributed by atoms with van der Waals surface area (Å²) in [4.78, 5) is 40.9. The lowest BCUT2D eigenvalue weighted by Gasteiger charge is -2.06. The maximum Gasteiger partial charge on any atom is 0.228 e. The number of nitrogens with zero attached hydrogens (tertiary/aromatic N) is 4. The van der Waals surface area contributed by atoms with Gasteiger partial charge in [-0.3, -0.25) is 9.59 Å². The van der Waals surface area contributed by atoms with Gasteiger partial charge in [-0.2, -0.15) is 0 Å². The van der Waals surface area contributed by atoms with Crippen LogP contribution in [0.3, 0.4) is 0 Å². The maximum absolute atomic E-state index is 11.5. The lowest BCUT2D eigenvalue weighted by atomic mass is 10.0. The Balaban J connectivity index is 0.000000154. The first kappa shape index (κ1) is 31.6. The molecule has 8 nitrogen and oxygen atoms in total. The molecule has 0 saturated carbocycles. The van der Waals surface area contributed by atoms with Crippen LogP contribution >= 0.6 is 0 Å². The Hall–Kier alpha value is -6.02. The number of hydrogen-bond acceptors (Lipinski definition) is 6. The van der Waals surface area contributed by atoms with Crippen LogP contribution in [0.25, 0.3) is 22.3 Å². The zero-order valence-electron chi connectivity index (χ0n) is 27.3. The number of aromatic nitrogens is 4. The fraction of sp³-hybridized carbons (Fsp3) is 0.171. The van der Waals surface area contributed by atoms with Gasteiger partial charge in [0.25, 0.3) is 0 Å². The summed E-state index contributed by atoms with van der Waals surface area (Å²) < 4.78 is 0. The van der Waals surface area contributed by atoms with Crippen LogP contribution < -0.4 is 10.6 Å². The monoisotopic (exact) mass is 644 g/mol. The molecule has 4 aromatic carbocycles. The van der Waals surface area contributed by atoms with Crippen LogP contribution in [0.4, 0.5) is 11.4 Å². The van der Waals surface area contributed by atoms with Crippen LogP contribution in [-0.4, -0.2) is 31.8 Å².